The second kappa shape index (κ2) is 7.49. The standard InChI is InChI=1S/C13H24ClPS/c14-16-11-15(12-7-3-1-4-8-12)13-9-5-2-6-10-13/h12-13H,1-11H2. The van der Waals surface area contributed by atoms with Crippen molar-refractivity contribution in [3.63, 3.8) is 0 Å². The molecule has 0 radical (unpaired) electrons. The molecule has 0 unspecified atom stereocenters. The average Bonchev–Trinajstić information content (AvgIpc) is 2.38. The molecule has 0 aromatic heterocycles. The quantitative estimate of drug-likeness (QED) is 0.570. The van der Waals surface area contributed by atoms with Crippen LogP contribution >= 0.6 is 29.6 Å². The summed E-state index contributed by atoms with van der Waals surface area (Å²) in [5, 5.41) is 0. The van der Waals surface area contributed by atoms with Gasteiger partial charge < -0.3 is 0 Å². The van der Waals surface area contributed by atoms with Gasteiger partial charge in [-0.05, 0) is 47.7 Å². The fourth-order valence-electron chi connectivity index (χ4n) is 3.39. The van der Waals surface area contributed by atoms with Gasteiger partial charge in [0.15, 0.2) is 0 Å². The SMILES string of the molecule is ClSCP(C1CCCCC1)C1CCCCC1. The minimum Gasteiger partial charge on any atom is -0.0889 e. The Morgan fingerprint density at radius 2 is 1.25 bits per heavy atom. The predicted molar refractivity (Wildman–Crippen MR) is 79.0 cm³/mol. The van der Waals surface area contributed by atoms with Gasteiger partial charge in [0.05, 0.1) is 0 Å². The van der Waals surface area contributed by atoms with E-state index < -0.39 is 0 Å². The van der Waals surface area contributed by atoms with E-state index in [1.165, 1.54) is 69.7 Å². The molecule has 0 aliphatic heterocycles. The van der Waals surface area contributed by atoms with Crippen molar-refractivity contribution in [3.8, 4) is 0 Å². The summed E-state index contributed by atoms with van der Waals surface area (Å²) >= 11 is 0. The smallest absolute Gasteiger partial charge is 0.0293 e. The van der Waals surface area contributed by atoms with Crippen LogP contribution in [0.3, 0.4) is 0 Å². The number of hydrogen-bond donors (Lipinski definition) is 0. The molecule has 0 aromatic rings. The third kappa shape index (κ3) is 3.79. The summed E-state index contributed by atoms with van der Waals surface area (Å²) < 4.78 is 0. The highest BCUT2D eigenvalue weighted by molar-refractivity contribution is 8.24. The maximum absolute atomic E-state index is 5.97. The number of hydrogen-bond acceptors (Lipinski definition) is 1. The maximum Gasteiger partial charge on any atom is 0.0293 e. The van der Waals surface area contributed by atoms with Gasteiger partial charge >= 0.3 is 0 Å². The van der Waals surface area contributed by atoms with Crippen LogP contribution in [0.2, 0.25) is 0 Å². The van der Waals surface area contributed by atoms with Gasteiger partial charge in [0, 0.05) is 5.49 Å². The zero-order chi connectivity index (χ0) is 11.2. The highest BCUT2D eigenvalue weighted by atomic mass is 35.7. The Balaban J connectivity index is 1.91. The van der Waals surface area contributed by atoms with Crippen molar-refractivity contribution in [3.05, 3.63) is 0 Å². The molecule has 94 valence electrons. The van der Waals surface area contributed by atoms with E-state index in [-0.39, 0.29) is 7.92 Å². The van der Waals surface area contributed by atoms with Crippen molar-refractivity contribution in [2.24, 2.45) is 0 Å². The zero-order valence-corrected chi connectivity index (χ0v) is 12.6. The first-order valence-corrected chi connectivity index (χ1v) is 10.4. The zero-order valence-electron chi connectivity index (χ0n) is 10.2. The average molecular weight is 279 g/mol. The third-order valence-electron chi connectivity index (χ3n) is 4.29. The minimum absolute atomic E-state index is 0.234. The first kappa shape index (κ1) is 13.5. The van der Waals surface area contributed by atoms with E-state index in [1.54, 1.807) is 11.0 Å². The molecule has 2 fully saturated rings. The van der Waals surface area contributed by atoms with E-state index in [0.717, 1.165) is 11.3 Å². The summed E-state index contributed by atoms with van der Waals surface area (Å²) in [6.07, 6.45) is 15.0. The molecule has 3 heteroatoms. The van der Waals surface area contributed by atoms with Gasteiger partial charge in [0.2, 0.25) is 0 Å². The molecule has 0 aromatic carbocycles. The van der Waals surface area contributed by atoms with Crippen molar-refractivity contribution in [2.75, 3.05) is 5.49 Å². The Morgan fingerprint density at radius 3 is 1.62 bits per heavy atom. The van der Waals surface area contributed by atoms with Gasteiger partial charge in [-0.1, -0.05) is 57.4 Å². The topological polar surface area (TPSA) is 0 Å². The van der Waals surface area contributed by atoms with Crippen molar-refractivity contribution in [1.29, 1.82) is 0 Å². The van der Waals surface area contributed by atoms with Crippen molar-refractivity contribution >= 4 is 29.6 Å². The van der Waals surface area contributed by atoms with Crippen LogP contribution < -0.4 is 0 Å². The molecule has 16 heavy (non-hydrogen) atoms. The lowest BCUT2D eigenvalue weighted by Crippen LogP contribution is -2.21. The number of halogens is 1. The first-order valence-electron chi connectivity index (χ1n) is 6.91. The van der Waals surface area contributed by atoms with E-state index in [2.05, 4.69) is 0 Å². The van der Waals surface area contributed by atoms with Crippen molar-refractivity contribution < 1.29 is 0 Å². The monoisotopic (exact) mass is 278 g/mol. The summed E-state index contributed by atoms with van der Waals surface area (Å²) in [4.78, 5) is 0. The van der Waals surface area contributed by atoms with Crippen LogP contribution in [0.15, 0.2) is 0 Å². The molecular weight excluding hydrogens is 255 g/mol. The molecule has 0 saturated heterocycles. The highest BCUT2D eigenvalue weighted by Gasteiger charge is 2.30. The van der Waals surface area contributed by atoms with Gasteiger partial charge in [-0.15, -0.1) is 0 Å². The van der Waals surface area contributed by atoms with Crippen LogP contribution in [0, 0.1) is 0 Å². The molecule has 0 heterocycles. The number of rotatable bonds is 4. The Morgan fingerprint density at radius 1 is 0.812 bits per heavy atom. The van der Waals surface area contributed by atoms with Crippen LogP contribution in [0.4, 0.5) is 0 Å². The lowest BCUT2D eigenvalue weighted by atomic mass is 9.99. The summed E-state index contributed by atoms with van der Waals surface area (Å²) in [7, 11) is 7.80. The lowest BCUT2D eigenvalue weighted by molar-refractivity contribution is 0.485. The van der Waals surface area contributed by atoms with E-state index in [4.69, 9.17) is 10.7 Å². The second-order valence-electron chi connectivity index (χ2n) is 5.34. The second-order valence-corrected chi connectivity index (χ2v) is 9.73. The maximum atomic E-state index is 5.97. The van der Waals surface area contributed by atoms with E-state index in [1.807, 2.05) is 0 Å². The molecule has 0 nitrogen and oxygen atoms in total. The van der Waals surface area contributed by atoms with Gasteiger partial charge in [0.1, 0.15) is 0 Å². The molecule has 0 amide bonds. The fraction of sp³-hybridized carbons (Fsp3) is 1.00. The van der Waals surface area contributed by atoms with Gasteiger partial charge in [-0.2, -0.15) is 0 Å². The molecule has 0 N–H and O–H groups in total. The Hall–Kier alpha value is 1.07. The Bertz CT molecular complexity index is 170. The summed E-state index contributed by atoms with van der Waals surface area (Å²) in [6.45, 7) is 0. The molecule has 2 rings (SSSR count). The third-order valence-corrected chi connectivity index (χ3v) is 9.66. The molecule has 2 aliphatic carbocycles. The van der Waals surface area contributed by atoms with Crippen molar-refractivity contribution in [2.45, 2.75) is 75.5 Å². The molecule has 0 atom stereocenters. The van der Waals surface area contributed by atoms with Gasteiger partial charge in [0.25, 0.3) is 0 Å². The first-order chi connectivity index (χ1) is 7.92. The van der Waals surface area contributed by atoms with Crippen LogP contribution in [-0.2, 0) is 0 Å². The molecule has 0 bridgehead atoms. The van der Waals surface area contributed by atoms with Crippen molar-refractivity contribution in [1.82, 2.24) is 0 Å². The largest absolute Gasteiger partial charge is 0.0889 e. The molecule has 0 spiro atoms. The fourth-order valence-corrected chi connectivity index (χ4v) is 9.20. The van der Waals surface area contributed by atoms with Gasteiger partial charge in [-0.25, -0.2) is 0 Å². The molecular formula is C13H24ClPS. The summed E-state index contributed by atoms with van der Waals surface area (Å²) in [5.41, 5.74) is 3.41. The molecule has 2 aliphatic rings. The van der Waals surface area contributed by atoms with Crippen LogP contribution in [0.1, 0.15) is 64.2 Å². The lowest BCUT2D eigenvalue weighted by Gasteiger charge is -2.37. The minimum atomic E-state index is 0.234. The highest BCUT2D eigenvalue weighted by Crippen LogP contribution is 2.57. The van der Waals surface area contributed by atoms with Crippen LogP contribution in [-0.4, -0.2) is 16.8 Å². The Labute approximate surface area is 111 Å². The van der Waals surface area contributed by atoms with Crippen LogP contribution in [0.5, 0.6) is 0 Å². The van der Waals surface area contributed by atoms with E-state index in [9.17, 15) is 0 Å². The predicted octanol–water partition coefficient (Wildman–Crippen LogP) is 5.98. The van der Waals surface area contributed by atoms with Gasteiger partial charge in [-0.3, -0.25) is 0 Å². The summed E-state index contributed by atoms with van der Waals surface area (Å²) in [6, 6.07) is 0. The summed E-state index contributed by atoms with van der Waals surface area (Å²) in [5.74, 6) is 0. The van der Waals surface area contributed by atoms with E-state index in [0.29, 0.717) is 0 Å². The van der Waals surface area contributed by atoms with Crippen LogP contribution in [0.25, 0.3) is 0 Å². The van der Waals surface area contributed by atoms with E-state index >= 15 is 0 Å². The normalized spacial score (nSPS) is 25.1. The molecule has 2 saturated carbocycles. The Kier molecular flexibility index (Phi) is 6.32.